The summed E-state index contributed by atoms with van der Waals surface area (Å²) in [7, 11) is 3.93. The van der Waals surface area contributed by atoms with E-state index in [0.717, 1.165) is 15.4 Å². The van der Waals surface area contributed by atoms with Gasteiger partial charge < -0.3 is 15.2 Å². The number of nitrogen functional groups attached to an aromatic ring is 1. The Morgan fingerprint density at radius 1 is 1.50 bits per heavy atom. The van der Waals surface area contributed by atoms with E-state index >= 15 is 0 Å². The highest BCUT2D eigenvalue weighted by Gasteiger charge is 2.14. The summed E-state index contributed by atoms with van der Waals surface area (Å²) in [6.45, 7) is 2.65. The summed E-state index contributed by atoms with van der Waals surface area (Å²) in [6.07, 6.45) is 0. The zero-order valence-electron chi connectivity index (χ0n) is 9.52. The van der Waals surface area contributed by atoms with Crippen LogP contribution in [0.1, 0.15) is 11.4 Å². The van der Waals surface area contributed by atoms with E-state index in [-0.39, 0.29) is 0 Å². The fourth-order valence-corrected chi connectivity index (χ4v) is 2.27. The zero-order chi connectivity index (χ0) is 11.7. The van der Waals surface area contributed by atoms with Crippen LogP contribution in [-0.2, 0) is 6.54 Å². The van der Waals surface area contributed by atoms with Crippen LogP contribution in [-0.4, -0.2) is 29.1 Å². The molecule has 0 saturated carbocycles. The second-order valence-corrected chi connectivity index (χ2v) is 5.00. The molecule has 0 saturated heterocycles. The molecule has 0 aliphatic rings. The molecule has 86 valence electrons. The molecule has 2 N–H and O–H groups in total. The van der Waals surface area contributed by atoms with E-state index in [2.05, 4.69) is 10.1 Å². The third kappa shape index (κ3) is 2.23. The maximum atomic E-state index is 5.72. The van der Waals surface area contributed by atoms with Crippen LogP contribution in [0.15, 0.2) is 10.6 Å². The Kier molecular flexibility index (Phi) is 2.93. The number of thiophene rings is 1. The Hall–Kier alpha value is -1.40. The Bertz CT molecular complexity index is 489. The first kappa shape index (κ1) is 11.1. The van der Waals surface area contributed by atoms with E-state index < -0.39 is 0 Å². The topological polar surface area (TPSA) is 68.2 Å². The number of hydrogen-bond donors (Lipinski definition) is 1. The Labute approximate surface area is 97.9 Å². The minimum absolute atomic E-state index is 0.552. The van der Waals surface area contributed by atoms with Gasteiger partial charge in [0.25, 0.3) is 5.89 Å². The molecule has 2 aromatic heterocycles. The molecular weight excluding hydrogens is 224 g/mol. The number of aromatic nitrogens is 2. The van der Waals surface area contributed by atoms with Crippen molar-refractivity contribution in [3.05, 3.63) is 17.5 Å². The van der Waals surface area contributed by atoms with Crippen LogP contribution in [0.5, 0.6) is 0 Å². The smallest absolute Gasteiger partial charge is 0.268 e. The summed E-state index contributed by atoms with van der Waals surface area (Å²) in [5.41, 5.74) is 6.80. The van der Waals surface area contributed by atoms with E-state index in [1.54, 1.807) is 0 Å². The first-order valence-corrected chi connectivity index (χ1v) is 5.71. The number of anilines is 1. The quantitative estimate of drug-likeness (QED) is 0.882. The minimum Gasteiger partial charge on any atom is -0.391 e. The number of aryl methyl sites for hydroxylation is 1. The first-order chi connectivity index (χ1) is 7.56. The van der Waals surface area contributed by atoms with Gasteiger partial charge in [0, 0.05) is 0 Å². The molecule has 0 aliphatic carbocycles. The number of nitrogens with two attached hydrogens (primary N) is 1. The molecule has 0 amide bonds. The summed E-state index contributed by atoms with van der Waals surface area (Å²) in [6, 6.07) is 1.91. The molecule has 0 unspecified atom stereocenters. The molecule has 0 radical (unpaired) electrons. The van der Waals surface area contributed by atoms with E-state index in [0.29, 0.717) is 18.3 Å². The maximum Gasteiger partial charge on any atom is 0.268 e. The molecule has 16 heavy (non-hydrogen) atoms. The predicted molar refractivity (Wildman–Crippen MR) is 64.2 cm³/mol. The molecule has 0 aliphatic heterocycles. The number of nitrogens with zero attached hydrogens (tertiary/aromatic N) is 3. The van der Waals surface area contributed by atoms with Gasteiger partial charge in [-0.1, -0.05) is 5.16 Å². The minimum atomic E-state index is 0.552. The summed E-state index contributed by atoms with van der Waals surface area (Å²) < 4.78 is 5.21. The SMILES string of the molecule is Cc1cc(N)sc1-c1nc(CN(C)C)no1. The fourth-order valence-electron chi connectivity index (χ4n) is 1.41. The van der Waals surface area contributed by atoms with Crippen molar-refractivity contribution in [2.45, 2.75) is 13.5 Å². The molecule has 0 bridgehead atoms. The normalized spacial score (nSPS) is 11.2. The van der Waals surface area contributed by atoms with Crippen LogP contribution in [0.4, 0.5) is 5.00 Å². The van der Waals surface area contributed by atoms with Gasteiger partial charge in [0.2, 0.25) is 0 Å². The maximum absolute atomic E-state index is 5.72. The van der Waals surface area contributed by atoms with Crippen molar-refractivity contribution in [3.63, 3.8) is 0 Å². The fraction of sp³-hybridized carbons (Fsp3) is 0.400. The molecule has 5 nitrogen and oxygen atoms in total. The average Bonchev–Trinajstić information content (AvgIpc) is 2.72. The van der Waals surface area contributed by atoms with Gasteiger partial charge in [-0.2, -0.15) is 4.98 Å². The Balaban J connectivity index is 2.28. The lowest BCUT2D eigenvalue weighted by Crippen LogP contribution is -2.11. The molecule has 2 rings (SSSR count). The molecule has 2 heterocycles. The van der Waals surface area contributed by atoms with Crippen molar-refractivity contribution in [2.75, 3.05) is 19.8 Å². The summed E-state index contributed by atoms with van der Waals surface area (Å²) >= 11 is 1.47. The summed E-state index contributed by atoms with van der Waals surface area (Å²) in [4.78, 5) is 7.27. The van der Waals surface area contributed by atoms with Crippen LogP contribution in [0.2, 0.25) is 0 Å². The van der Waals surface area contributed by atoms with E-state index in [9.17, 15) is 0 Å². The molecule has 0 fully saturated rings. The standard InChI is InChI=1S/C10H14N4OS/c1-6-4-7(11)16-9(6)10-12-8(13-15-10)5-14(2)3/h4H,5,11H2,1-3H3. The van der Waals surface area contributed by atoms with E-state index in [1.807, 2.05) is 32.0 Å². The van der Waals surface area contributed by atoms with Crippen molar-refractivity contribution in [1.82, 2.24) is 15.0 Å². The third-order valence-corrected chi connectivity index (χ3v) is 3.11. The highest BCUT2D eigenvalue weighted by molar-refractivity contribution is 7.19. The van der Waals surface area contributed by atoms with Gasteiger partial charge in [0.05, 0.1) is 16.4 Å². The molecule has 2 aromatic rings. The van der Waals surface area contributed by atoms with Gasteiger partial charge in [0.15, 0.2) is 5.82 Å². The molecule has 0 spiro atoms. The number of rotatable bonds is 3. The van der Waals surface area contributed by atoms with Gasteiger partial charge in [-0.25, -0.2) is 0 Å². The van der Waals surface area contributed by atoms with Gasteiger partial charge in [0.1, 0.15) is 0 Å². The van der Waals surface area contributed by atoms with E-state index in [4.69, 9.17) is 10.3 Å². The van der Waals surface area contributed by atoms with Crippen molar-refractivity contribution >= 4 is 16.3 Å². The zero-order valence-corrected chi connectivity index (χ0v) is 10.3. The van der Waals surface area contributed by atoms with Crippen molar-refractivity contribution in [2.24, 2.45) is 0 Å². The Morgan fingerprint density at radius 3 is 2.81 bits per heavy atom. The molecule has 6 heteroatoms. The largest absolute Gasteiger partial charge is 0.391 e. The lowest BCUT2D eigenvalue weighted by atomic mass is 10.3. The summed E-state index contributed by atoms with van der Waals surface area (Å²) in [5, 5.41) is 4.68. The van der Waals surface area contributed by atoms with Gasteiger partial charge >= 0.3 is 0 Å². The summed E-state index contributed by atoms with van der Waals surface area (Å²) in [5.74, 6) is 1.24. The highest BCUT2D eigenvalue weighted by atomic mass is 32.1. The lowest BCUT2D eigenvalue weighted by Gasteiger charge is -2.03. The van der Waals surface area contributed by atoms with Crippen LogP contribution in [0, 0.1) is 6.92 Å². The lowest BCUT2D eigenvalue weighted by molar-refractivity contribution is 0.366. The molecule has 0 aromatic carbocycles. The highest BCUT2D eigenvalue weighted by Crippen LogP contribution is 2.32. The predicted octanol–water partition coefficient (Wildman–Crippen LogP) is 1.75. The number of hydrogen-bond acceptors (Lipinski definition) is 6. The van der Waals surface area contributed by atoms with Gasteiger partial charge in [-0.05, 0) is 32.6 Å². The molecule has 0 atom stereocenters. The van der Waals surface area contributed by atoms with Crippen LogP contribution < -0.4 is 5.73 Å². The van der Waals surface area contributed by atoms with Gasteiger partial charge in [-0.15, -0.1) is 11.3 Å². The Morgan fingerprint density at radius 2 is 2.25 bits per heavy atom. The van der Waals surface area contributed by atoms with Crippen LogP contribution >= 0.6 is 11.3 Å². The third-order valence-electron chi connectivity index (χ3n) is 2.06. The first-order valence-electron chi connectivity index (χ1n) is 4.90. The second kappa shape index (κ2) is 4.23. The van der Waals surface area contributed by atoms with Crippen LogP contribution in [0.25, 0.3) is 10.8 Å². The van der Waals surface area contributed by atoms with Crippen LogP contribution in [0.3, 0.4) is 0 Å². The van der Waals surface area contributed by atoms with Crippen molar-refractivity contribution in [1.29, 1.82) is 0 Å². The molecular formula is C10H14N4OS. The monoisotopic (exact) mass is 238 g/mol. The second-order valence-electron chi connectivity index (χ2n) is 3.91. The van der Waals surface area contributed by atoms with E-state index in [1.165, 1.54) is 11.3 Å². The average molecular weight is 238 g/mol. The van der Waals surface area contributed by atoms with Crippen molar-refractivity contribution < 1.29 is 4.52 Å². The van der Waals surface area contributed by atoms with Crippen molar-refractivity contribution in [3.8, 4) is 10.8 Å². The van der Waals surface area contributed by atoms with Gasteiger partial charge in [-0.3, -0.25) is 0 Å².